The zero-order valence-electron chi connectivity index (χ0n) is 14.7. The summed E-state index contributed by atoms with van der Waals surface area (Å²) in [5.74, 6) is 6.29. The molecule has 3 rings (SSSR count). The van der Waals surface area contributed by atoms with Crippen molar-refractivity contribution in [2.75, 3.05) is 51.2 Å². The van der Waals surface area contributed by atoms with Crippen molar-refractivity contribution in [1.29, 1.82) is 0 Å². The van der Waals surface area contributed by atoms with Crippen molar-refractivity contribution in [2.24, 2.45) is 0 Å². The summed E-state index contributed by atoms with van der Waals surface area (Å²) in [5.41, 5.74) is 12.3. The number of likely N-dealkylation sites (N-methyl/N-ethyl adjacent to an activating group) is 1. The van der Waals surface area contributed by atoms with E-state index in [9.17, 15) is 4.39 Å². The van der Waals surface area contributed by atoms with Crippen molar-refractivity contribution in [3.8, 4) is 23.3 Å². The van der Waals surface area contributed by atoms with Gasteiger partial charge in [0.2, 0.25) is 0 Å². The van der Waals surface area contributed by atoms with Crippen LogP contribution in [0.5, 0.6) is 11.5 Å². The summed E-state index contributed by atoms with van der Waals surface area (Å²) in [4.78, 5) is 8.62. The van der Waals surface area contributed by atoms with Gasteiger partial charge in [-0.25, -0.2) is 9.37 Å². The van der Waals surface area contributed by atoms with Crippen LogP contribution >= 0.6 is 0 Å². The standard InChI is InChI=1S/C19H22FN5O/c1-24-9-11-25(12-10-24)8-2-3-15-17(6-7-23-19(15)22)26-18-5-4-14(21)13-16(18)20/h4-7,13H,8-12,21H2,1H3,(H2,22,23). The van der Waals surface area contributed by atoms with Crippen LogP contribution in [-0.4, -0.2) is 54.6 Å². The number of ether oxygens (including phenoxy) is 1. The summed E-state index contributed by atoms with van der Waals surface area (Å²) in [5, 5.41) is 0. The number of pyridine rings is 1. The predicted molar refractivity (Wildman–Crippen MR) is 100 cm³/mol. The second-order valence-electron chi connectivity index (χ2n) is 6.24. The molecular formula is C19H22FN5O. The van der Waals surface area contributed by atoms with Gasteiger partial charge < -0.3 is 21.1 Å². The lowest BCUT2D eigenvalue weighted by molar-refractivity contribution is 0.168. The summed E-state index contributed by atoms with van der Waals surface area (Å²) < 4.78 is 19.7. The van der Waals surface area contributed by atoms with Crippen molar-refractivity contribution in [1.82, 2.24) is 14.8 Å². The lowest BCUT2D eigenvalue weighted by Crippen LogP contribution is -2.44. The Labute approximate surface area is 152 Å². The van der Waals surface area contributed by atoms with Crippen LogP contribution in [0.4, 0.5) is 15.9 Å². The summed E-state index contributed by atoms with van der Waals surface area (Å²) in [7, 11) is 2.11. The van der Waals surface area contributed by atoms with Crippen LogP contribution in [0.2, 0.25) is 0 Å². The van der Waals surface area contributed by atoms with Crippen LogP contribution in [0.25, 0.3) is 0 Å². The van der Waals surface area contributed by atoms with Crippen LogP contribution in [0.15, 0.2) is 30.5 Å². The maximum atomic E-state index is 14.0. The van der Waals surface area contributed by atoms with Gasteiger partial charge in [-0.15, -0.1) is 0 Å². The number of rotatable bonds is 3. The number of piperazine rings is 1. The number of hydrogen-bond acceptors (Lipinski definition) is 6. The van der Waals surface area contributed by atoms with Crippen LogP contribution in [0.3, 0.4) is 0 Å². The second-order valence-corrected chi connectivity index (χ2v) is 6.24. The summed E-state index contributed by atoms with van der Waals surface area (Å²) >= 11 is 0. The van der Waals surface area contributed by atoms with E-state index in [1.54, 1.807) is 12.1 Å². The lowest BCUT2D eigenvalue weighted by Gasteiger charge is -2.30. The van der Waals surface area contributed by atoms with Crippen molar-refractivity contribution in [3.63, 3.8) is 0 Å². The summed E-state index contributed by atoms with van der Waals surface area (Å²) in [6, 6.07) is 5.87. The van der Waals surface area contributed by atoms with Gasteiger partial charge in [-0.1, -0.05) is 11.8 Å². The topological polar surface area (TPSA) is 80.6 Å². The molecule has 1 aliphatic heterocycles. The highest BCUT2D eigenvalue weighted by Crippen LogP contribution is 2.29. The van der Waals surface area contributed by atoms with Gasteiger partial charge in [-0.3, -0.25) is 4.90 Å². The Bertz CT molecular complexity index is 838. The number of halogens is 1. The Morgan fingerprint density at radius 2 is 1.92 bits per heavy atom. The molecule has 1 aliphatic rings. The number of nitrogens with two attached hydrogens (primary N) is 2. The molecule has 1 saturated heterocycles. The molecule has 0 radical (unpaired) electrons. The van der Waals surface area contributed by atoms with Crippen molar-refractivity contribution in [3.05, 3.63) is 41.8 Å². The molecule has 2 heterocycles. The average Bonchev–Trinajstić information content (AvgIpc) is 2.61. The Hall–Kier alpha value is -2.82. The van der Waals surface area contributed by atoms with Gasteiger partial charge in [0.25, 0.3) is 0 Å². The van der Waals surface area contributed by atoms with E-state index in [0.717, 1.165) is 26.2 Å². The minimum absolute atomic E-state index is 0.0620. The van der Waals surface area contributed by atoms with Crippen LogP contribution in [-0.2, 0) is 0 Å². The van der Waals surface area contributed by atoms with Gasteiger partial charge in [0.15, 0.2) is 11.6 Å². The number of anilines is 2. The van der Waals surface area contributed by atoms with E-state index in [2.05, 4.69) is 33.7 Å². The van der Waals surface area contributed by atoms with Crippen LogP contribution < -0.4 is 16.2 Å². The third-order valence-corrected chi connectivity index (χ3v) is 4.23. The molecule has 26 heavy (non-hydrogen) atoms. The molecule has 1 fully saturated rings. The van der Waals surface area contributed by atoms with Gasteiger partial charge in [-0.05, 0) is 19.2 Å². The average molecular weight is 355 g/mol. The second kappa shape index (κ2) is 8.04. The fourth-order valence-electron chi connectivity index (χ4n) is 2.63. The fourth-order valence-corrected chi connectivity index (χ4v) is 2.63. The largest absolute Gasteiger partial charge is 0.453 e. The molecule has 0 unspecified atom stereocenters. The van der Waals surface area contributed by atoms with E-state index < -0.39 is 5.82 Å². The maximum absolute atomic E-state index is 14.0. The van der Waals surface area contributed by atoms with Crippen molar-refractivity contribution in [2.45, 2.75) is 0 Å². The molecule has 1 aromatic carbocycles. The van der Waals surface area contributed by atoms with E-state index in [-0.39, 0.29) is 11.6 Å². The van der Waals surface area contributed by atoms with Gasteiger partial charge in [0.1, 0.15) is 17.1 Å². The highest BCUT2D eigenvalue weighted by molar-refractivity contribution is 5.59. The monoisotopic (exact) mass is 355 g/mol. The zero-order valence-corrected chi connectivity index (χ0v) is 14.7. The Morgan fingerprint density at radius 1 is 1.15 bits per heavy atom. The van der Waals surface area contributed by atoms with E-state index in [0.29, 0.717) is 23.5 Å². The number of nitrogen functional groups attached to an aromatic ring is 2. The first kappa shape index (κ1) is 18.0. The summed E-state index contributed by atoms with van der Waals surface area (Å²) in [6.45, 7) is 4.65. The molecule has 7 heteroatoms. The molecule has 0 spiro atoms. The molecule has 1 aromatic heterocycles. The van der Waals surface area contributed by atoms with E-state index in [1.807, 2.05) is 0 Å². The van der Waals surface area contributed by atoms with Gasteiger partial charge in [0.05, 0.1) is 6.54 Å². The van der Waals surface area contributed by atoms with E-state index in [4.69, 9.17) is 16.2 Å². The normalized spacial score (nSPS) is 15.3. The molecule has 0 saturated carbocycles. The molecular weight excluding hydrogens is 333 g/mol. The predicted octanol–water partition coefficient (Wildman–Crippen LogP) is 1.78. The van der Waals surface area contributed by atoms with Gasteiger partial charge in [-0.2, -0.15) is 0 Å². The molecule has 0 atom stereocenters. The Kier molecular flexibility index (Phi) is 5.56. The molecule has 136 valence electrons. The fraction of sp³-hybridized carbons (Fsp3) is 0.316. The SMILES string of the molecule is CN1CCN(CC#Cc2c(Oc3ccc(N)cc3F)ccnc2N)CC1. The first-order valence-electron chi connectivity index (χ1n) is 8.40. The minimum Gasteiger partial charge on any atom is -0.453 e. The summed E-state index contributed by atoms with van der Waals surface area (Å²) in [6.07, 6.45) is 1.51. The van der Waals surface area contributed by atoms with Crippen LogP contribution in [0.1, 0.15) is 5.56 Å². The highest BCUT2D eigenvalue weighted by Gasteiger charge is 2.13. The Morgan fingerprint density at radius 3 is 2.65 bits per heavy atom. The van der Waals surface area contributed by atoms with Gasteiger partial charge >= 0.3 is 0 Å². The zero-order chi connectivity index (χ0) is 18.5. The minimum atomic E-state index is -0.545. The first-order chi connectivity index (χ1) is 12.5. The van der Waals surface area contributed by atoms with Crippen molar-refractivity contribution >= 4 is 11.5 Å². The van der Waals surface area contributed by atoms with Gasteiger partial charge in [0, 0.05) is 50.2 Å². The third-order valence-electron chi connectivity index (χ3n) is 4.23. The molecule has 6 nitrogen and oxygen atoms in total. The highest BCUT2D eigenvalue weighted by atomic mass is 19.1. The molecule has 0 bridgehead atoms. The smallest absolute Gasteiger partial charge is 0.167 e. The quantitative estimate of drug-likeness (QED) is 0.645. The Balaban J connectivity index is 1.76. The number of hydrogen-bond donors (Lipinski definition) is 2. The molecule has 4 N–H and O–H groups in total. The molecule has 2 aromatic rings. The number of nitrogens with zero attached hydrogens (tertiary/aromatic N) is 3. The van der Waals surface area contributed by atoms with E-state index in [1.165, 1.54) is 18.3 Å². The third kappa shape index (κ3) is 4.42. The molecule has 0 aliphatic carbocycles. The van der Waals surface area contributed by atoms with Crippen molar-refractivity contribution < 1.29 is 9.13 Å². The molecule has 0 amide bonds. The number of benzene rings is 1. The van der Waals surface area contributed by atoms with E-state index >= 15 is 0 Å². The first-order valence-corrected chi connectivity index (χ1v) is 8.40. The maximum Gasteiger partial charge on any atom is 0.167 e. The lowest BCUT2D eigenvalue weighted by atomic mass is 10.2. The van der Waals surface area contributed by atoms with Crippen LogP contribution in [0, 0.1) is 17.7 Å². The number of aromatic nitrogens is 1.